The van der Waals surface area contributed by atoms with Crippen LogP contribution in [0.1, 0.15) is 23.9 Å². The van der Waals surface area contributed by atoms with Crippen molar-refractivity contribution >= 4 is 23.8 Å². The van der Waals surface area contributed by atoms with Gasteiger partial charge in [0.15, 0.2) is 12.4 Å². The molecule has 1 aromatic heterocycles. The summed E-state index contributed by atoms with van der Waals surface area (Å²) >= 11 is 0. The number of imidazole rings is 1. The van der Waals surface area contributed by atoms with Crippen LogP contribution in [0.15, 0.2) is 46.9 Å². The van der Waals surface area contributed by atoms with Crippen molar-refractivity contribution in [3.05, 3.63) is 53.6 Å². The number of hydrogen-bond acceptors (Lipinski definition) is 8. The molecule has 3 rings (SSSR count). The fourth-order valence-corrected chi connectivity index (χ4v) is 4.05. The van der Waals surface area contributed by atoms with Crippen LogP contribution < -0.4 is 33.4 Å². The molecule has 0 amide bonds. The number of anilines is 2. The highest BCUT2D eigenvalue weighted by molar-refractivity contribution is 5.85. The van der Waals surface area contributed by atoms with E-state index in [9.17, 15) is 0 Å². The van der Waals surface area contributed by atoms with Gasteiger partial charge in [-0.15, -0.1) is 9.35 Å². The third-order valence-electron chi connectivity index (χ3n) is 5.76. The van der Waals surface area contributed by atoms with Crippen LogP contribution in [-0.2, 0) is 6.42 Å². The molecule has 0 saturated carbocycles. The summed E-state index contributed by atoms with van der Waals surface area (Å²) < 4.78 is 25.9. The molecular formula is C27H37N6O4+. The summed E-state index contributed by atoms with van der Waals surface area (Å²) in [7, 11) is 14.4. The Morgan fingerprint density at radius 1 is 0.757 bits per heavy atom. The Kier molecular flexibility index (Phi) is 9.00. The summed E-state index contributed by atoms with van der Waals surface area (Å²) in [6.45, 7) is 2.06. The van der Waals surface area contributed by atoms with Crippen molar-refractivity contribution in [3.8, 4) is 23.0 Å². The fraction of sp³-hybridized carbons (Fsp3) is 0.370. The van der Waals surface area contributed by atoms with Crippen LogP contribution in [0.4, 0.5) is 11.4 Å². The van der Waals surface area contributed by atoms with Crippen molar-refractivity contribution in [2.45, 2.75) is 13.3 Å². The van der Waals surface area contributed by atoms with E-state index in [0.717, 1.165) is 34.7 Å². The molecule has 0 spiro atoms. The lowest BCUT2D eigenvalue weighted by atomic mass is 10.1. The Morgan fingerprint density at radius 3 is 1.57 bits per heavy atom. The molecule has 10 heteroatoms. The SMILES string of the molecule is CCc1n(/N=C\c2cc(OC)c(N(C)C)c(OC)c2)cc[n+]1/N=C\c1cc(OC)c(N(C)C)c(OC)c1. The number of benzene rings is 2. The van der Waals surface area contributed by atoms with Crippen LogP contribution in [0.5, 0.6) is 23.0 Å². The van der Waals surface area contributed by atoms with Gasteiger partial charge in [0.2, 0.25) is 0 Å². The first-order valence-electron chi connectivity index (χ1n) is 11.8. The van der Waals surface area contributed by atoms with Crippen LogP contribution in [0, 0.1) is 0 Å². The van der Waals surface area contributed by atoms with Crippen molar-refractivity contribution in [2.75, 3.05) is 66.4 Å². The zero-order valence-corrected chi connectivity index (χ0v) is 23.1. The largest absolute Gasteiger partial charge is 0.494 e. The average Bonchev–Trinajstić information content (AvgIpc) is 3.30. The Hall–Kier alpha value is -4.21. The number of ether oxygens (including phenoxy) is 4. The van der Waals surface area contributed by atoms with Gasteiger partial charge in [-0.2, -0.15) is 0 Å². The number of rotatable bonds is 11. The van der Waals surface area contributed by atoms with E-state index in [1.807, 2.05) is 74.6 Å². The molecule has 0 unspecified atom stereocenters. The van der Waals surface area contributed by atoms with Crippen molar-refractivity contribution in [2.24, 2.45) is 10.2 Å². The second-order valence-corrected chi connectivity index (χ2v) is 8.58. The monoisotopic (exact) mass is 509 g/mol. The fourth-order valence-electron chi connectivity index (χ4n) is 4.05. The molecular weight excluding hydrogens is 472 g/mol. The molecule has 0 bridgehead atoms. The number of nitrogens with zero attached hydrogens (tertiary/aromatic N) is 6. The van der Waals surface area contributed by atoms with E-state index in [4.69, 9.17) is 18.9 Å². The van der Waals surface area contributed by atoms with Crippen molar-refractivity contribution in [3.63, 3.8) is 0 Å². The van der Waals surface area contributed by atoms with Gasteiger partial charge in [-0.05, 0) is 24.3 Å². The molecule has 0 N–H and O–H groups in total. The molecule has 2 aromatic carbocycles. The van der Waals surface area contributed by atoms with Crippen LogP contribution in [0.3, 0.4) is 0 Å². The smallest absolute Gasteiger partial charge is 0.307 e. The Morgan fingerprint density at radius 2 is 1.19 bits per heavy atom. The third kappa shape index (κ3) is 5.96. The van der Waals surface area contributed by atoms with E-state index >= 15 is 0 Å². The van der Waals surface area contributed by atoms with Gasteiger partial charge in [0.05, 0.1) is 47.3 Å². The van der Waals surface area contributed by atoms with Gasteiger partial charge < -0.3 is 28.7 Å². The molecule has 1 heterocycles. The minimum atomic E-state index is 0.708. The second kappa shape index (κ2) is 12.2. The predicted molar refractivity (Wildman–Crippen MR) is 148 cm³/mol. The molecule has 37 heavy (non-hydrogen) atoms. The quantitative estimate of drug-likeness (QED) is 0.292. The first-order chi connectivity index (χ1) is 17.8. The summed E-state index contributed by atoms with van der Waals surface area (Å²) in [6, 6.07) is 7.73. The van der Waals surface area contributed by atoms with Gasteiger partial charge in [-0.1, -0.05) is 17.1 Å². The maximum absolute atomic E-state index is 5.58. The van der Waals surface area contributed by atoms with Crippen molar-refractivity contribution in [1.29, 1.82) is 0 Å². The normalized spacial score (nSPS) is 11.3. The molecule has 0 radical (unpaired) electrons. The summed E-state index contributed by atoms with van der Waals surface area (Å²) in [5.74, 6) is 3.74. The van der Waals surface area contributed by atoms with Gasteiger partial charge in [0.1, 0.15) is 34.4 Å². The summed E-state index contributed by atoms with van der Waals surface area (Å²) in [5.41, 5.74) is 3.45. The van der Waals surface area contributed by atoms with E-state index in [2.05, 4.69) is 17.1 Å². The summed E-state index contributed by atoms with van der Waals surface area (Å²) in [5, 5.41) is 9.32. The zero-order valence-electron chi connectivity index (χ0n) is 23.1. The van der Waals surface area contributed by atoms with Gasteiger partial charge in [0, 0.05) is 39.3 Å². The van der Waals surface area contributed by atoms with Crippen molar-refractivity contribution < 1.29 is 23.6 Å². The highest BCUT2D eigenvalue weighted by Crippen LogP contribution is 2.38. The van der Waals surface area contributed by atoms with E-state index in [1.165, 1.54) is 0 Å². The molecule has 0 saturated heterocycles. The maximum atomic E-state index is 5.58. The summed E-state index contributed by atoms with van der Waals surface area (Å²) in [4.78, 5) is 3.92. The van der Waals surface area contributed by atoms with Crippen molar-refractivity contribution in [1.82, 2.24) is 4.68 Å². The molecule has 0 aliphatic carbocycles. The van der Waals surface area contributed by atoms with Crippen LogP contribution >= 0.6 is 0 Å². The molecule has 0 fully saturated rings. The van der Waals surface area contributed by atoms with Crippen LogP contribution in [0.25, 0.3) is 0 Å². The number of methoxy groups -OCH3 is 4. The third-order valence-corrected chi connectivity index (χ3v) is 5.76. The minimum absolute atomic E-state index is 0.708. The summed E-state index contributed by atoms with van der Waals surface area (Å²) in [6.07, 6.45) is 8.00. The molecule has 10 nitrogen and oxygen atoms in total. The Balaban J connectivity index is 1.93. The molecule has 3 aromatic rings. The first kappa shape index (κ1) is 27.4. The van der Waals surface area contributed by atoms with E-state index < -0.39 is 0 Å². The van der Waals surface area contributed by atoms with Gasteiger partial charge in [-0.25, -0.2) is 0 Å². The lowest BCUT2D eigenvalue weighted by Crippen LogP contribution is -2.31. The second-order valence-electron chi connectivity index (χ2n) is 8.58. The van der Waals surface area contributed by atoms with Gasteiger partial charge in [0.25, 0.3) is 0 Å². The molecule has 198 valence electrons. The number of hydrogen-bond donors (Lipinski definition) is 0. The highest BCUT2D eigenvalue weighted by atomic mass is 16.5. The van der Waals surface area contributed by atoms with Crippen LogP contribution in [-0.4, -0.2) is 73.7 Å². The standard InChI is InChI=1S/C27H37N6O4/c1-10-25-32(28-17-19-13-21(34-6)26(30(2)3)22(14-19)35-7)11-12-33(25)29-18-20-15-23(36-8)27(31(4)5)24(16-20)37-9/h11-18H,10H2,1-9H3/q+1/b28-17-,29-18-. The van der Waals surface area contributed by atoms with Gasteiger partial charge in [-0.3, -0.25) is 0 Å². The average molecular weight is 510 g/mol. The number of aromatic nitrogens is 2. The van der Waals surface area contributed by atoms with E-state index in [0.29, 0.717) is 23.0 Å². The highest BCUT2D eigenvalue weighted by Gasteiger charge is 2.18. The Bertz CT molecular complexity index is 1130. The molecule has 0 aliphatic heterocycles. The first-order valence-corrected chi connectivity index (χ1v) is 11.8. The van der Waals surface area contributed by atoms with E-state index in [-0.39, 0.29) is 0 Å². The molecule has 0 aliphatic rings. The zero-order chi connectivity index (χ0) is 27.1. The lowest BCUT2D eigenvalue weighted by Gasteiger charge is -2.20. The molecule has 0 atom stereocenters. The maximum Gasteiger partial charge on any atom is 0.307 e. The van der Waals surface area contributed by atoms with E-state index in [1.54, 1.807) is 50.2 Å². The van der Waals surface area contributed by atoms with Gasteiger partial charge >= 0.3 is 5.82 Å². The minimum Gasteiger partial charge on any atom is -0.494 e. The topological polar surface area (TPSA) is 76.9 Å². The predicted octanol–water partition coefficient (Wildman–Crippen LogP) is 3.27. The lowest BCUT2D eigenvalue weighted by molar-refractivity contribution is -0.685. The van der Waals surface area contributed by atoms with Crippen LogP contribution in [0.2, 0.25) is 0 Å². The Labute approximate surface area is 218 Å².